The summed E-state index contributed by atoms with van der Waals surface area (Å²) in [6, 6.07) is 7.47. The number of nitrogens with zero attached hydrogens (tertiary/aromatic N) is 2. The van der Waals surface area contributed by atoms with Gasteiger partial charge in [-0.3, -0.25) is 24.2 Å². The van der Waals surface area contributed by atoms with Crippen molar-refractivity contribution in [2.75, 3.05) is 25.1 Å². The molecular formula is C18H23N3O3S. The standard InChI is InChI=1S/C18H23N3O3S/c1-13-5-7-14(8-6-13)19-16(22)11-15-17(23)21(18(24)25-15)12-20-9-3-2-4-10-20/h5-8,15H,2-4,9-12H2,1H3,(H,19,22). The molecule has 3 rings (SSSR count). The van der Waals surface area contributed by atoms with Crippen molar-refractivity contribution in [3.8, 4) is 0 Å². The lowest BCUT2D eigenvalue weighted by Gasteiger charge is -2.29. The number of hydrogen-bond donors (Lipinski definition) is 1. The number of benzene rings is 1. The van der Waals surface area contributed by atoms with Gasteiger partial charge in [-0.25, -0.2) is 0 Å². The van der Waals surface area contributed by atoms with E-state index in [2.05, 4.69) is 10.2 Å². The minimum Gasteiger partial charge on any atom is -0.326 e. The maximum Gasteiger partial charge on any atom is 0.290 e. The molecule has 25 heavy (non-hydrogen) atoms. The number of rotatable bonds is 5. The molecule has 2 heterocycles. The SMILES string of the molecule is Cc1ccc(NC(=O)CC2SC(=O)N(CN3CCCCC3)C2=O)cc1. The van der Waals surface area contributed by atoms with Crippen molar-refractivity contribution in [2.45, 2.75) is 37.9 Å². The molecule has 0 aliphatic carbocycles. The number of aryl methyl sites for hydroxylation is 1. The van der Waals surface area contributed by atoms with Crippen molar-refractivity contribution < 1.29 is 14.4 Å². The number of anilines is 1. The number of likely N-dealkylation sites (tertiary alicyclic amines) is 1. The van der Waals surface area contributed by atoms with Crippen LogP contribution in [0.1, 0.15) is 31.2 Å². The Hall–Kier alpha value is -1.86. The first-order valence-electron chi connectivity index (χ1n) is 8.64. The molecule has 3 amide bonds. The first-order valence-corrected chi connectivity index (χ1v) is 9.52. The van der Waals surface area contributed by atoms with Crippen molar-refractivity contribution in [1.82, 2.24) is 9.80 Å². The van der Waals surface area contributed by atoms with Crippen LogP contribution in [0.3, 0.4) is 0 Å². The summed E-state index contributed by atoms with van der Waals surface area (Å²) in [7, 11) is 0. The molecule has 1 atom stereocenters. The molecule has 7 heteroatoms. The quantitative estimate of drug-likeness (QED) is 0.873. The molecule has 1 aromatic carbocycles. The minimum absolute atomic E-state index is 0.0135. The van der Waals surface area contributed by atoms with Crippen LogP contribution in [-0.4, -0.2) is 51.9 Å². The Bertz CT molecular complexity index is 656. The molecule has 1 N–H and O–H groups in total. The highest BCUT2D eigenvalue weighted by Gasteiger charge is 2.41. The van der Waals surface area contributed by atoms with Gasteiger partial charge in [0.15, 0.2) is 0 Å². The zero-order valence-electron chi connectivity index (χ0n) is 14.4. The number of piperidine rings is 1. The van der Waals surface area contributed by atoms with Crippen LogP contribution in [-0.2, 0) is 9.59 Å². The predicted octanol–water partition coefficient (Wildman–Crippen LogP) is 2.83. The van der Waals surface area contributed by atoms with Crippen LogP contribution in [0.2, 0.25) is 0 Å². The van der Waals surface area contributed by atoms with Gasteiger partial charge in [-0.2, -0.15) is 0 Å². The molecule has 1 unspecified atom stereocenters. The molecule has 2 fully saturated rings. The maximum absolute atomic E-state index is 12.5. The van der Waals surface area contributed by atoms with Gasteiger partial charge >= 0.3 is 0 Å². The van der Waals surface area contributed by atoms with Crippen LogP contribution < -0.4 is 5.32 Å². The van der Waals surface area contributed by atoms with Gasteiger partial charge in [-0.05, 0) is 45.0 Å². The van der Waals surface area contributed by atoms with Crippen molar-refractivity contribution in [1.29, 1.82) is 0 Å². The van der Waals surface area contributed by atoms with E-state index in [-0.39, 0.29) is 23.5 Å². The van der Waals surface area contributed by atoms with E-state index < -0.39 is 5.25 Å². The highest BCUT2D eigenvalue weighted by Crippen LogP contribution is 2.30. The molecule has 0 bridgehead atoms. The molecule has 0 spiro atoms. The van der Waals surface area contributed by atoms with Gasteiger partial charge in [0.05, 0.1) is 6.67 Å². The highest BCUT2D eigenvalue weighted by atomic mass is 32.2. The Balaban J connectivity index is 1.54. The number of carbonyl (C=O) groups is 3. The summed E-state index contributed by atoms with van der Waals surface area (Å²) in [5, 5.41) is 1.91. The van der Waals surface area contributed by atoms with Crippen molar-refractivity contribution in [3.05, 3.63) is 29.8 Å². The summed E-state index contributed by atoms with van der Waals surface area (Å²) in [5.41, 5.74) is 1.81. The van der Waals surface area contributed by atoms with E-state index in [4.69, 9.17) is 0 Å². The molecule has 2 aliphatic rings. The van der Waals surface area contributed by atoms with Gasteiger partial charge in [-0.1, -0.05) is 35.9 Å². The summed E-state index contributed by atoms with van der Waals surface area (Å²) in [6.45, 7) is 4.16. The summed E-state index contributed by atoms with van der Waals surface area (Å²) in [5.74, 6) is -0.498. The van der Waals surface area contributed by atoms with E-state index in [0.29, 0.717) is 12.4 Å². The second-order valence-electron chi connectivity index (χ2n) is 6.58. The minimum atomic E-state index is -0.622. The predicted molar refractivity (Wildman–Crippen MR) is 98.3 cm³/mol. The maximum atomic E-state index is 12.5. The lowest BCUT2D eigenvalue weighted by molar-refractivity contribution is -0.130. The van der Waals surface area contributed by atoms with Gasteiger partial charge in [-0.15, -0.1) is 0 Å². The Morgan fingerprint density at radius 3 is 2.52 bits per heavy atom. The van der Waals surface area contributed by atoms with Gasteiger partial charge in [0.2, 0.25) is 11.8 Å². The molecule has 0 saturated carbocycles. The average molecular weight is 361 g/mol. The monoisotopic (exact) mass is 361 g/mol. The fraction of sp³-hybridized carbons (Fsp3) is 0.500. The highest BCUT2D eigenvalue weighted by molar-refractivity contribution is 8.15. The Labute approximate surface area is 151 Å². The zero-order chi connectivity index (χ0) is 17.8. The summed E-state index contributed by atoms with van der Waals surface area (Å²) >= 11 is 0.962. The van der Waals surface area contributed by atoms with Crippen molar-refractivity contribution >= 4 is 34.5 Å². The van der Waals surface area contributed by atoms with Crippen LogP contribution in [0.5, 0.6) is 0 Å². The van der Waals surface area contributed by atoms with E-state index in [1.807, 2.05) is 31.2 Å². The topological polar surface area (TPSA) is 69.7 Å². The number of thioether (sulfide) groups is 1. The van der Waals surface area contributed by atoms with E-state index >= 15 is 0 Å². The molecule has 2 saturated heterocycles. The lowest BCUT2D eigenvalue weighted by Crippen LogP contribution is -2.44. The van der Waals surface area contributed by atoms with Crippen LogP contribution >= 0.6 is 11.8 Å². The summed E-state index contributed by atoms with van der Waals surface area (Å²) in [6.07, 6.45) is 3.42. The van der Waals surface area contributed by atoms with E-state index in [1.54, 1.807) is 0 Å². The lowest BCUT2D eigenvalue weighted by atomic mass is 10.1. The number of imide groups is 1. The molecule has 0 aromatic heterocycles. The van der Waals surface area contributed by atoms with Crippen LogP contribution in [0.25, 0.3) is 0 Å². The van der Waals surface area contributed by atoms with Gasteiger partial charge in [0.1, 0.15) is 5.25 Å². The van der Waals surface area contributed by atoms with Gasteiger partial charge in [0.25, 0.3) is 5.24 Å². The third kappa shape index (κ3) is 4.61. The molecule has 6 nitrogen and oxygen atoms in total. The smallest absolute Gasteiger partial charge is 0.290 e. The third-order valence-corrected chi connectivity index (χ3v) is 5.58. The second-order valence-corrected chi connectivity index (χ2v) is 7.73. The fourth-order valence-corrected chi connectivity index (χ4v) is 4.06. The van der Waals surface area contributed by atoms with Crippen LogP contribution in [0.15, 0.2) is 24.3 Å². The third-order valence-electron chi connectivity index (χ3n) is 4.50. The average Bonchev–Trinajstić information content (AvgIpc) is 2.85. The Kier molecular flexibility index (Phi) is 5.75. The molecule has 134 valence electrons. The summed E-state index contributed by atoms with van der Waals surface area (Å²) < 4.78 is 0. The first-order chi connectivity index (χ1) is 12.0. The Morgan fingerprint density at radius 1 is 1.16 bits per heavy atom. The van der Waals surface area contributed by atoms with E-state index in [0.717, 1.165) is 43.3 Å². The summed E-state index contributed by atoms with van der Waals surface area (Å²) in [4.78, 5) is 40.3. The van der Waals surface area contributed by atoms with Gasteiger partial charge in [0, 0.05) is 12.1 Å². The molecule has 2 aliphatic heterocycles. The molecular weight excluding hydrogens is 338 g/mol. The van der Waals surface area contributed by atoms with E-state index in [9.17, 15) is 14.4 Å². The number of hydrogen-bond acceptors (Lipinski definition) is 5. The Morgan fingerprint density at radius 2 is 1.84 bits per heavy atom. The number of amides is 3. The number of nitrogens with one attached hydrogen (secondary N) is 1. The van der Waals surface area contributed by atoms with Gasteiger partial charge < -0.3 is 5.32 Å². The molecule has 1 aromatic rings. The van der Waals surface area contributed by atoms with Crippen LogP contribution in [0, 0.1) is 6.92 Å². The largest absolute Gasteiger partial charge is 0.326 e. The normalized spacial score (nSPS) is 21.6. The van der Waals surface area contributed by atoms with E-state index in [1.165, 1.54) is 11.3 Å². The van der Waals surface area contributed by atoms with Crippen molar-refractivity contribution in [3.63, 3.8) is 0 Å². The molecule has 0 radical (unpaired) electrons. The fourth-order valence-electron chi connectivity index (χ4n) is 3.07. The first kappa shape index (κ1) is 17.9. The number of carbonyl (C=O) groups excluding carboxylic acids is 3. The van der Waals surface area contributed by atoms with Crippen molar-refractivity contribution in [2.24, 2.45) is 0 Å². The second kappa shape index (κ2) is 8.01. The zero-order valence-corrected chi connectivity index (χ0v) is 15.2. The van der Waals surface area contributed by atoms with Crippen LogP contribution in [0.4, 0.5) is 10.5 Å².